The number of aryl methyl sites for hydroxylation is 1. The van der Waals surface area contributed by atoms with Gasteiger partial charge in [-0.1, -0.05) is 24.3 Å². The molecule has 2 aromatic heterocycles. The van der Waals surface area contributed by atoms with Crippen LogP contribution in [0.3, 0.4) is 0 Å². The Kier molecular flexibility index (Phi) is 3.56. The number of aromatic nitrogens is 3. The third kappa shape index (κ3) is 2.60. The molecule has 0 unspecified atom stereocenters. The highest BCUT2D eigenvalue weighted by molar-refractivity contribution is 6.17. The van der Waals surface area contributed by atoms with Crippen molar-refractivity contribution in [3.8, 4) is 0 Å². The highest BCUT2D eigenvalue weighted by atomic mass is 35.5. The summed E-state index contributed by atoms with van der Waals surface area (Å²) in [5.41, 5.74) is 4.29. The van der Waals surface area contributed by atoms with Crippen LogP contribution in [0.1, 0.15) is 16.8 Å². The Bertz CT molecular complexity index is 718. The van der Waals surface area contributed by atoms with Crippen molar-refractivity contribution in [3.05, 3.63) is 59.5 Å². The topological polar surface area (TPSA) is 42.2 Å². The van der Waals surface area contributed by atoms with Gasteiger partial charge in [0.2, 0.25) is 0 Å². The van der Waals surface area contributed by atoms with E-state index in [0.717, 1.165) is 29.1 Å². The maximum Gasteiger partial charge on any atom is 0.152 e. The Balaban J connectivity index is 1.79. The fourth-order valence-electron chi connectivity index (χ4n) is 2.11. The quantitative estimate of drug-likeness (QED) is 0.748. The molecule has 0 aliphatic carbocycles. The third-order valence-electron chi connectivity index (χ3n) is 3.15. The van der Waals surface area contributed by atoms with Gasteiger partial charge in [0.25, 0.3) is 0 Å². The number of anilines is 1. The molecule has 3 rings (SSSR count). The van der Waals surface area contributed by atoms with Gasteiger partial charge in [0, 0.05) is 24.8 Å². The maximum absolute atomic E-state index is 5.78. The molecule has 20 heavy (non-hydrogen) atoms. The van der Waals surface area contributed by atoms with Crippen molar-refractivity contribution < 1.29 is 0 Å². The van der Waals surface area contributed by atoms with Gasteiger partial charge in [0.05, 0.1) is 5.69 Å². The van der Waals surface area contributed by atoms with Crippen molar-refractivity contribution >= 4 is 22.9 Å². The van der Waals surface area contributed by atoms with Crippen LogP contribution in [0.25, 0.3) is 5.52 Å². The van der Waals surface area contributed by atoms with Crippen LogP contribution >= 0.6 is 11.6 Å². The average molecular weight is 287 g/mol. The van der Waals surface area contributed by atoms with Crippen LogP contribution in [0.4, 0.5) is 5.82 Å². The van der Waals surface area contributed by atoms with E-state index in [0.29, 0.717) is 5.88 Å². The van der Waals surface area contributed by atoms with E-state index < -0.39 is 0 Å². The minimum Gasteiger partial charge on any atom is -0.364 e. The summed E-state index contributed by atoms with van der Waals surface area (Å²) in [7, 11) is 0. The summed E-state index contributed by atoms with van der Waals surface area (Å²) >= 11 is 5.78. The number of benzene rings is 1. The summed E-state index contributed by atoms with van der Waals surface area (Å²) < 4.78 is 1.83. The molecule has 0 amide bonds. The zero-order valence-corrected chi connectivity index (χ0v) is 11.9. The second kappa shape index (κ2) is 5.51. The lowest BCUT2D eigenvalue weighted by molar-refractivity contribution is 0.920. The summed E-state index contributed by atoms with van der Waals surface area (Å²) in [5.74, 6) is 1.39. The Morgan fingerprint density at radius 3 is 2.70 bits per heavy atom. The smallest absolute Gasteiger partial charge is 0.152 e. The van der Waals surface area contributed by atoms with Gasteiger partial charge in [-0.05, 0) is 24.1 Å². The average Bonchev–Trinajstić information content (AvgIpc) is 2.86. The van der Waals surface area contributed by atoms with Crippen molar-refractivity contribution in [2.45, 2.75) is 19.3 Å². The molecule has 2 heterocycles. The van der Waals surface area contributed by atoms with E-state index in [2.05, 4.69) is 27.5 Å². The second-order valence-electron chi connectivity index (χ2n) is 4.70. The number of alkyl halides is 1. The Morgan fingerprint density at radius 2 is 1.95 bits per heavy atom. The van der Waals surface area contributed by atoms with Crippen LogP contribution in [-0.4, -0.2) is 14.6 Å². The second-order valence-corrected chi connectivity index (χ2v) is 4.96. The number of nitrogens with zero attached hydrogens (tertiary/aromatic N) is 3. The molecule has 0 spiro atoms. The maximum atomic E-state index is 5.78. The number of rotatable bonds is 4. The predicted octanol–water partition coefficient (Wildman–Crippen LogP) is 3.39. The molecule has 1 aromatic carbocycles. The molecule has 0 fully saturated rings. The highest BCUT2D eigenvalue weighted by Gasteiger charge is 2.04. The van der Waals surface area contributed by atoms with Gasteiger partial charge >= 0.3 is 0 Å². The van der Waals surface area contributed by atoms with E-state index in [1.807, 2.05) is 35.8 Å². The van der Waals surface area contributed by atoms with Crippen LogP contribution in [-0.2, 0) is 12.4 Å². The molecule has 1 N–H and O–H groups in total. The van der Waals surface area contributed by atoms with Crippen LogP contribution < -0.4 is 5.32 Å². The zero-order valence-electron chi connectivity index (χ0n) is 11.2. The van der Waals surface area contributed by atoms with Crippen LogP contribution in [0.15, 0.2) is 42.7 Å². The molecule has 3 aromatic rings. The van der Waals surface area contributed by atoms with Gasteiger partial charge in [-0.25, -0.2) is 9.50 Å². The molecule has 0 bridgehead atoms. The van der Waals surface area contributed by atoms with E-state index in [1.54, 1.807) is 6.20 Å². The molecule has 0 atom stereocenters. The lowest BCUT2D eigenvalue weighted by atomic mass is 10.1. The number of halogens is 1. The molecule has 0 saturated carbocycles. The lowest BCUT2D eigenvalue weighted by Crippen LogP contribution is -2.03. The summed E-state index contributed by atoms with van der Waals surface area (Å²) in [6.07, 6.45) is 3.60. The summed E-state index contributed by atoms with van der Waals surface area (Å²) in [6, 6.07) is 10.3. The number of hydrogen-bond donors (Lipinski definition) is 1. The first-order valence-electron chi connectivity index (χ1n) is 6.45. The highest BCUT2D eigenvalue weighted by Crippen LogP contribution is 2.16. The van der Waals surface area contributed by atoms with Crippen molar-refractivity contribution in [2.75, 3.05) is 5.32 Å². The van der Waals surface area contributed by atoms with Crippen LogP contribution in [0, 0.1) is 6.92 Å². The SMILES string of the molecule is Cc1cc2c(NCc3ccc(CCl)cc3)nccn2n1. The van der Waals surface area contributed by atoms with Crippen LogP contribution in [0.5, 0.6) is 0 Å². The first kappa shape index (κ1) is 12.9. The Morgan fingerprint density at radius 1 is 1.20 bits per heavy atom. The van der Waals surface area contributed by atoms with Gasteiger partial charge in [-0.15, -0.1) is 11.6 Å². The van der Waals surface area contributed by atoms with Gasteiger partial charge in [-0.3, -0.25) is 0 Å². The zero-order chi connectivity index (χ0) is 13.9. The summed E-state index contributed by atoms with van der Waals surface area (Å²) in [5, 5.41) is 7.72. The van der Waals surface area contributed by atoms with E-state index >= 15 is 0 Å². The number of fused-ring (bicyclic) bond motifs is 1. The molecule has 4 nitrogen and oxygen atoms in total. The van der Waals surface area contributed by atoms with Gasteiger partial charge < -0.3 is 5.32 Å². The molecule has 0 aliphatic heterocycles. The van der Waals surface area contributed by atoms with Crippen molar-refractivity contribution in [3.63, 3.8) is 0 Å². The normalized spacial score (nSPS) is 10.9. The van der Waals surface area contributed by atoms with E-state index in [1.165, 1.54) is 5.56 Å². The first-order chi connectivity index (χ1) is 9.76. The summed E-state index contributed by atoms with van der Waals surface area (Å²) in [4.78, 5) is 4.38. The molecule has 0 saturated heterocycles. The standard InChI is InChI=1S/C15H15ClN4/c1-11-8-14-15(17-6-7-20(14)19-11)18-10-13-4-2-12(9-16)3-5-13/h2-8H,9-10H2,1H3,(H,17,18). The monoisotopic (exact) mass is 286 g/mol. The minimum atomic E-state index is 0.545. The van der Waals surface area contributed by atoms with E-state index in [-0.39, 0.29) is 0 Å². The van der Waals surface area contributed by atoms with Crippen LogP contribution in [0.2, 0.25) is 0 Å². The van der Waals surface area contributed by atoms with Gasteiger partial charge in [0.1, 0.15) is 5.52 Å². The third-order valence-corrected chi connectivity index (χ3v) is 3.46. The number of nitrogens with one attached hydrogen (secondary N) is 1. The molecular formula is C15H15ClN4. The molecule has 0 aliphatic rings. The van der Waals surface area contributed by atoms with E-state index in [9.17, 15) is 0 Å². The molecular weight excluding hydrogens is 272 g/mol. The Labute approximate surface area is 122 Å². The first-order valence-corrected chi connectivity index (χ1v) is 6.98. The van der Waals surface area contributed by atoms with Crippen molar-refractivity contribution in [1.82, 2.24) is 14.6 Å². The van der Waals surface area contributed by atoms with Gasteiger partial charge in [-0.2, -0.15) is 5.10 Å². The molecule has 0 radical (unpaired) electrons. The van der Waals surface area contributed by atoms with E-state index in [4.69, 9.17) is 11.6 Å². The van der Waals surface area contributed by atoms with Crippen molar-refractivity contribution in [1.29, 1.82) is 0 Å². The summed E-state index contributed by atoms with van der Waals surface area (Å²) in [6.45, 7) is 2.70. The largest absolute Gasteiger partial charge is 0.364 e. The fraction of sp³-hybridized carbons (Fsp3) is 0.200. The number of hydrogen-bond acceptors (Lipinski definition) is 3. The molecule has 102 valence electrons. The lowest BCUT2D eigenvalue weighted by Gasteiger charge is -2.07. The van der Waals surface area contributed by atoms with Gasteiger partial charge in [0.15, 0.2) is 5.82 Å². The van der Waals surface area contributed by atoms with Crippen molar-refractivity contribution in [2.24, 2.45) is 0 Å². The predicted molar refractivity (Wildman–Crippen MR) is 81.0 cm³/mol. The minimum absolute atomic E-state index is 0.545. The Hall–Kier alpha value is -2.07. The fourth-order valence-corrected chi connectivity index (χ4v) is 2.29. The molecule has 5 heteroatoms.